The van der Waals surface area contributed by atoms with Gasteiger partial charge in [-0.1, -0.05) is 11.8 Å². The fraction of sp³-hybridized carbons (Fsp3) is 0.308. The molecule has 2 N–H and O–H groups in total. The van der Waals surface area contributed by atoms with Crippen molar-refractivity contribution in [1.82, 2.24) is 0 Å². The molecule has 108 valence electrons. The predicted molar refractivity (Wildman–Crippen MR) is 74.6 cm³/mol. The van der Waals surface area contributed by atoms with Crippen LogP contribution in [0.2, 0.25) is 0 Å². The standard InChI is InChI=1S/C13H15NO5S/c1-10-6-11(4-3-5-15)8-12(7-10)14-20(17,18)9-13(16)19-2/h6-8,14-15H,5,9H2,1-2H3. The molecule has 1 rings (SSSR count). The first-order valence-electron chi connectivity index (χ1n) is 5.65. The van der Waals surface area contributed by atoms with Crippen LogP contribution in [0, 0.1) is 18.8 Å². The smallest absolute Gasteiger partial charge is 0.322 e. The van der Waals surface area contributed by atoms with Crippen molar-refractivity contribution in [1.29, 1.82) is 0 Å². The van der Waals surface area contributed by atoms with Crippen LogP contribution in [0.4, 0.5) is 5.69 Å². The number of rotatable bonds is 4. The summed E-state index contributed by atoms with van der Waals surface area (Å²) in [6.45, 7) is 1.50. The van der Waals surface area contributed by atoms with Crippen LogP contribution < -0.4 is 4.72 Å². The highest BCUT2D eigenvalue weighted by Gasteiger charge is 2.17. The van der Waals surface area contributed by atoms with E-state index in [0.29, 0.717) is 11.3 Å². The van der Waals surface area contributed by atoms with Gasteiger partial charge in [0.1, 0.15) is 6.61 Å². The lowest BCUT2D eigenvalue weighted by Crippen LogP contribution is -2.23. The summed E-state index contributed by atoms with van der Waals surface area (Å²) in [4.78, 5) is 11.0. The number of esters is 1. The number of anilines is 1. The van der Waals surface area contributed by atoms with Gasteiger partial charge in [-0.25, -0.2) is 8.42 Å². The second-order valence-corrected chi connectivity index (χ2v) is 5.71. The highest BCUT2D eigenvalue weighted by Crippen LogP contribution is 2.15. The van der Waals surface area contributed by atoms with E-state index in [-0.39, 0.29) is 6.61 Å². The summed E-state index contributed by atoms with van der Waals surface area (Å²) in [7, 11) is -2.70. The number of aliphatic hydroxyl groups excluding tert-OH is 1. The molecule has 1 aromatic rings. The molecule has 0 saturated carbocycles. The molecule has 0 aromatic heterocycles. The maximum Gasteiger partial charge on any atom is 0.322 e. The first kappa shape index (κ1) is 16.0. The van der Waals surface area contributed by atoms with Crippen molar-refractivity contribution in [2.75, 3.05) is 24.2 Å². The molecule has 0 aliphatic carbocycles. The van der Waals surface area contributed by atoms with Gasteiger partial charge < -0.3 is 9.84 Å². The number of hydrogen-bond acceptors (Lipinski definition) is 5. The maximum atomic E-state index is 11.7. The Hall–Kier alpha value is -2.04. The van der Waals surface area contributed by atoms with Crippen LogP contribution in [-0.4, -0.2) is 39.0 Å². The van der Waals surface area contributed by atoms with Gasteiger partial charge in [-0.15, -0.1) is 0 Å². The predicted octanol–water partition coefficient (Wildman–Crippen LogP) is 0.254. The monoisotopic (exact) mass is 297 g/mol. The van der Waals surface area contributed by atoms with Crippen LogP contribution in [0.5, 0.6) is 0 Å². The van der Waals surface area contributed by atoms with Crippen LogP contribution >= 0.6 is 0 Å². The van der Waals surface area contributed by atoms with Gasteiger partial charge in [0.25, 0.3) is 0 Å². The second-order valence-electron chi connectivity index (χ2n) is 3.98. The number of nitrogens with one attached hydrogen (secondary N) is 1. The van der Waals surface area contributed by atoms with Crippen molar-refractivity contribution in [3.05, 3.63) is 29.3 Å². The minimum Gasteiger partial charge on any atom is -0.468 e. The molecule has 20 heavy (non-hydrogen) atoms. The lowest BCUT2D eigenvalue weighted by molar-refractivity contribution is -0.137. The number of hydrogen-bond donors (Lipinski definition) is 2. The summed E-state index contributed by atoms with van der Waals surface area (Å²) in [6.07, 6.45) is 0. The number of carbonyl (C=O) groups excluding carboxylic acids is 1. The van der Waals surface area contributed by atoms with Gasteiger partial charge in [0.15, 0.2) is 5.75 Å². The summed E-state index contributed by atoms with van der Waals surface area (Å²) in [5.74, 6) is 3.57. The average Bonchev–Trinajstić information content (AvgIpc) is 2.34. The fourth-order valence-electron chi connectivity index (χ4n) is 1.49. The lowest BCUT2D eigenvalue weighted by Gasteiger charge is -2.08. The summed E-state index contributed by atoms with van der Waals surface area (Å²) < 4.78 is 30.0. The molecule has 0 fully saturated rings. The Kier molecular flexibility index (Phi) is 5.55. The second kappa shape index (κ2) is 6.93. The van der Waals surface area contributed by atoms with Crippen molar-refractivity contribution in [2.45, 2.75) is 6.92 Å². The molecule has 0 aliphatic rings. The molecule has 0 atom stereocenters. The van der Waals surface area contributed by atoms with E-state index in [1.54, 1.807) is 19.1 Å². The number of aryl methyl sites for hydroxylation is 1. The van der Waals surface area contributed by atoms with Crippen LogP contribution in [0.1, 0.15) is 11.1 Å². The molecular formula is C13H15NO5S. The summed E-state index contributed by atoms with van der Waals surface area (Å²) in [6, 6.07) is 4.88. The molecule has 0 radical (unpaired) electrons. The van der Waals surface area contributed by atoms with E-state index in [2.05, 4.69) is 21.3 Å². The van der Waals surface area contributed by atoms with Crippen molar-refractivity contribution in [2.24, 2.45) is 0 Å². The van der Waals surface area contributed by atoms with Crippen LogP contribution in [-0.2, 0) is 19.6 Å². The molecule has 6 nitrogen and oxygen atoms in total. The van der Waals surface area contributed by atoms with Gasteiger partial charge >= 0.3 is 5.97 Å². The average molecular weight is 297 g/mol. The van der Waals surface area contributed by atoms with Gasteiger partial charge in [0, 0.05) is 11.3 Å². The number of sulfonamides is 1. The zero-order valence-corrected chi connectivity index (χ0v) is 12.0. The molecule has 0 bridgehead atoms. The molecule has 1 aromatic carbocycles. The minimum absolute atomic E-state index is 0.280. The quantitative estimate of drug-likeness (QED) is 0.614. The Labute approximate surface area is 117 Å². The van der Waals surface area contributed by atoms with E-state index in [4.69, 9.17) is 5.11 Å². The van der Waals surface area contributed by atoms with Crippen molar-refractivity contribution < 1.29 is 23.1 Å². The topological polar surface area (TPSA) is 92.7 Å². The van der Waals surface area contributed by atoms with E-state index >= 15 is 0 Å². The Morgan fingerprint density at radius 3 is 2.70 bits per heavy atom. The number of aliphatic hydroxyl groups is 1. The summed E-state index contributed by atoms with van der Waals surface area (Å²) in [5, 5.41) is 8.64. The largest absolute Gasteiger partial charge is 0.468 e. The van der Waals surface area contributed by atoms with Crippen LogP contribution in [0.25, 0.3) is 0 Å². The molecular weight excluding hydrogens is 282 g/mol. The Morgan fingerprint density at radius 2 is 2.10 bits per heavy atom. The van der Waals surface area contributed by atoms with Crippen molar-refractivity contribution >= 4 is 21.7 Å². The lowest BCUT2D eigenvalue weighted by atomic mass is 10.1. The third-order valence-electron chi connectivity index (χ3n) is 2.20. The van der Waals surface area contributed by atoms with E-state index < -0.39 is 21.7 Å². The van der Waals surface area contributed by atoms with Crippen molar-refractivity contribution in [3.63, 3.8) is 0 Å². The third-order valence-corrected chi connectivity index (χ3v) is 3.36. The van der Waals surface area contributed by atoms with E-state index in [1.807, 2.05) is 0 Å². The zero-order valence-electron chi connectivity index (χ0n) is 11.1. The SMILES string of the molecule is COC(=O)CS(=O)(=O)Nc1cc(C)cc(C#CCO)c1. The van der Waals surface area contributed by atoms with E-state index in [1.165, 1.54) is 6.07 Å². The van der Waals surface area contributed by atoms with E-state index in [0.717, 1.165) is 12.7 Å². The zero-order chi connectivity index (χ0) is 15.2. The number of benzene rings is 1. The van der Waals surface area contributed by atoms with Gasteiger partial charge in [-0.05, 0) is 30.7 Å². The maximum absolute atomic E-state index is 11.7. The molecule has 7 heteroatoms. The Balaban J connectivity index is 2.97. The number of ether oxygens (including phenoxy) is 1. The number of carbonyl (C=O) groups is 1. The van der Waals surface area contributed by atoms with E-state index in [9.17, 15) is 13.2 Å². The normalized spacial score (nSPS) is 10.3. The molecule has 0 amide bonds. The molecule has 0 heterocycles. The van der Waals surface area contributed by atoms with Gasteiger partial charge in [0.05, 0.1) is 7.11 Å². The Morgan fingerprint density at radius 1 is 1.40 bits per heavy atom. The first-order chi connectivity index (χ1) is 9.36. The van der Waals surface area contributed by atoms with Crippen LogP contribution in [0.3, 0.4) is 0 Å². The summed E-state index contributed by atoms with van der Waals surface area (Å²) in [5.41, 5.74) is 1.66. The van der Waals surface area contributed by atoms with Crippen molar-refractivity contribution in [3.8, 4) is 11.8 Å². The van der Waals surface area contributed by atoms with Gasteiger partial charge in [-0.3, -0.25) is 9.52 Å². The Bertz CT molecular complexity index is 655. The first-order valence-corrected chi connectivity index (χ1v) is 7.30. The van der Waals surface area contributed by atoms with Gasteiger partial charge in [-0.2, -0.15) is 0 Å². The molecule has 0 unspecified atom stereocenters. The number of methoxy groups -OCH3 is 1. The molecule has 0 spiro atoms. The molecule has 0 saturated heterocycles. The highest BCUT2D eigenvalue weighted by atomic mass is 32.2. The highest BCUT2D eigenvalue weighted by molar-refractivity contribution is 7.93. The minimum atomic E-state index is -3.82. The van der Waals surface area contributed by atoms with Crippen LogP contribution in [0.15, 0.2) is 18.2 Å². The fourth-order valence-corrected chi connectivity index (χ4v) is 2.46. The summed E-state index contributed by atoms with van der Waals surface area (Å²) >= 11 is 0. The third kappa shape index (κ3) is 5.30. The van der Waals surface area contributed by atoms with Gasteiger partial charge in [0.2, 0.25) is 10.0 Å². The molecule has 0 aliphatic heterocycles.